The first kappa shape index (κ1) is 18.5. The molecule has 1 N–H and O–H groups in total. The maximum Gasteiger partial charge on any atom is 0.228 e. The van der Waals surface area contributed by atoms with Crippen molar-refractivity contribution in [3.8, 4) is 5.75 Å². The van der Waals surface area contributed by atoms with Crippen LogP contribution in [0.25, 0.3) is 0 Å². The van der Waals surface area contributed by atoms with Gasteiger partial charge in [-0.3, -0.25) is 4.79 Å². The lowest BCUT2D eigenvalue weighted by molar-refractivity contribution is -0.115. The standard InChI is InChI=1S/C21H18BrNO2S/c1-25-18-4-2-3-15(13-18)14-21(24)23-17-7-11-20(12-8-17)26-19-9-5-16(22)6-10-19/h2-13H,14H2,1H3,(H,23,24). The molecule has 0 bridgehead atoms. The van der Waals surface area contributed by atoms with Crippen molar-refractivity contribution in [2.75, 3.05) is 12.4 Å². The molecular weight excluding hydrogens is 410 g/mol. The molecule has 0 saturated heterocycles. The van der Waals surface area contributed by atoms with Crippen molar-refractivity contribution < 1.29 is 9.53 Å². The molecular formula is C21H18BrNO2S. The lowest BCUT2D eigenvalue weighted by atomic mass is 10.1. The molecule has 1 amide bonds. The van der Waals surface area contributed by atoms with E-state index in [1.807, 2.05) is 60.7 Å². The number of hydrogen-bond donors (Lipinski definition) is 1. The number of anilines is 1. The molecule has 0 aliphatic carbocycles. The van der Waals surface area contributed by atoms with Crippen molar-refractivity contribution in [3.63, 3.8) is 0 Å². The minimum atomic E-state index is -0.0495. The van der Waals surface area contributed by atoms with E-state index in [2.05, 4.69) is 33.4 Å². The normalized spacial score (nSPS) is 10.4. The summed E-state index contributed by atoms with van der Waals surface area (Å²) in [5.74, 6) is 0.705. The number of ether oxygens (including phenoxy) is 1. The summed E-state index contributed by atoms with van der Waals surface area (Å²) in [6, 6.07) is 23.6. The Balaban J connectivity index is 1.58. The molecule has 0 spiro atoms. The van der Waals surface area contributed by atoms with E-state index in [0.717, 1.165) is 26.4 Å². The van der Waals surface area contributed by atoms with Gasteiger partial charge in [0.25, 0.3) is 0 Å². The van der Waals surface area contributed by atoms with Gasteiger partial charge >= 0.3 is 0 Å². The summed E-state index contributed by atoms with van der Waals surface area (Å²) in [7, 11) is 1.62. The fourth-order valence-electron chi connectivity index (χ4n) is 2.42. The zero-order valence-electron chi connectivity index (χ0n) is 14.2. The van der Waals surface area contributed by atoms with Crippen LogP contribution < -0.4 is 10.1 Å². The number of rotatable bonds is 6. The predicted octanol–water partition coefficient (Wildman–Crippen LogP) is 5.79. The Morgan fingerprint density at radius 2 is 1.65 bits per heavy atom. The second kappa shape index (κ2) is 8.92. The summed E-state index contributed by atoms with van der Waals surface area (Å²) < 4.78 is 6.25. The molecule has 132 valence electrons. The van der Waals surface area contributed by atoms with Gasteiger partial charge in [0.15, 0.2) is 0 Å². The monoisotopic (exact) mass is 427 g/mol. The minimum absolute atomic E-state index is 0.0495. The van der Waals surface area contributed by atoms with Crippen molar-refractivity contribution >= 4 is 39.3 Å². The van der Waals surface area contributed by atoms with Gasteiger partial charge in [0, 0.05) is 20.0 Å². The third-order valence-corrected chi connectivity index (χ3v) is 5.23. The Labute approximate surface area is 165 Å². The van der Waals surface area contributed by atoms with Crippen LogP contribution in [0.4, 0.5) is 5.69 Å². The number of carbonyl (C=O) groups is 1. The average molecular weight is 428 g/mol. The summed E-state index contributed by atoms with van der Waals surface area (Å²) in [5.41, 5.74) is 1.71. The van der Waals surface area contributed by atoms with Crippen molar-refractivity contribution in [2.45, 2.75) is 16.2 Å². The molecule has 0 aliphatic rings. The van der Waals surface area contributed by atoms with E-state index < -0.39 is 0 Å². The summed E-state index contributed by atoms with van der Waals surface area (Å²) in [6.07, 6.45) is 0.312. The van der Waals surface area contributed by atoms with Gasteiger partial charge in [-0.05, 0) is 66.2 Å². The van der Waals surface area contributed by atoms with Crippen LogP contribution in [0.1, 0.15) is 5.56 Å². The van der Waals surface area contributed by atoms with Gasteiger partial charge in [-0.1, -0.05) is 39.8 Å². The van der Waals surface area contributed by atoms with Gasteiger partial charge in [-0.2, -0.15) is 0 Å². The highest BCUT2D eigenvalue weighted by Crippen LogP contribution is 2.29. The molecule has 0 heterocycles. The van der Waals surface area contributed by atoms with E-state index in [-0.39, 0.29) is 5.91 Å². The summed E-state index contributed by atoms with van der Waals surface area (Å²) >= 11 is 5.12. The van der Waals surface area contributed by atoms with Gasteiger partial charge in [0.1, 0.15) is 5.75 Å². The quantitative estimate of drug-likeness (QED) is 0.540. The van der Waals surface area contributed by atoms with Gasteiger partial charge in [-0.15, -0.1) is 0 Å². The second-order valence-electron chi connectivity index (χ2n) is 5.66. The van der Waals surface area contributed by atoms with E-state index >= 15 is 0 Å². The van der Waals surface area contributed by atoms with Crippen LogP contribution in [0.2, 0.25) is 0 Å². The average Bonchev–Trinajstić information content (AvgIpc) is 2.65. The van der Waals surface area contributed by atoms with Crippen LogP contribution in [0.15, 0.2) is 87.1 Å². The smallest absolute Gasteiger partial charge is 0.228 e. The molecule has 0 unspecified atom stereocenters. The van der Waals surface area contributed by atoms with Crippen molar-refractivity contribution in [2.24, 2.45) is 0 Å². The molecule has 0 radical (unpaired) electrons. The van der Waals surface area contributed by atoms with Crippen molar-refractivity contribution in [3.05, 3.63) is 82.8 Å². The molecule has 3 rings (SSSR count). The fourth-order valence-corrected chi connectivity index (χ4v) is 3.50. The van der Waals surface area contributed by atoms with Crippen molar-refractivity contribution in [1.29, 1.82) is 0 Å². The number of halogens is 1. The van der Waals surface area contributed by atoms with Crippen LogP contribution in [0.3, 0.4) is 0 Å². The highest BCUT2D eigenvalue weighted by molar-refractivity contribution is 9.10. The first-order valence-corrected chi connectivity index (χ1v) is 9.69. The summed E-state index contributed by atoms with van der Waals surface area (Å²) in [5, 5.41) is 2.93. The Morgan fingerprint density at radius 3 is 2.31 bits per heavy atom. The van der Waals surface area contributed by atoms with Gasteiger partial charge in [0.2, 0.25) is 5.91 Å². The minimum Gasteiger partial charge on any atom is -0.497 e. The summed E-state index contributed by atoms with van der Waals surface area (Å²) in [6.45, 7) is 0. The molecule has 5 heteroatoms. The third-order valence-electron chi connectivity index (χ3n) is 3.69. The summed E-state index contributed by atoms with van der Waals surface area (Å²) in [4.78, 5) is 14.5. The number of benzene rings is 3. The number of amides is 1. The number of nitrogens with one attached hydrogen (secondary N) is 1. The number of hydrogen-bond acceptors (Lipinski definition) is 3. The van der Waals surface area contributed by atoms with Crippen LogP contribution in [0, 0.1) is 0 Å². The molecule has 0 atom stereocenters. The maximum atomic E-state index is 12.2. The van der Waals surface area contributed by atoms with Crippen LogP contribution >= 0.6 is 27.7 Å². The SMILES string of the molecule is COc1cccc(CC(=O)Nc2ccc(Sc3ccc(Br)cc3)cc2)c1. The Hall–Kier alpha value is -2.24. The van der Waals surface area contributed by atoms with Gasteiger partial charge < -0.3 is 10.1 Å². The highest BCUT2D eigenvalue weighted by atomic mass is 79.9. The predicted molar refractivity (Wildman–Crippen MR) is 110 cm³/mol. The maximum absolute atomic E-state index is 12.2. The molecule has 3 aromatic rings. The largest absolute Gasteiger partial charge is 0.497 e. The third kappa shape index (κ3) is 5.38. The molecule has 0 aliphatic heterocycles. The number of carbonyl (C=O) groups excluding carboxylic acids is 1. The molecule has 3 aromatic carbocycles. The van der Waals surface area contributed by atoms with Gasteiger partial charge in [-0.25, -0.2) is 0 Å². The van der Waals surface area contributed by atoms with E-state index in [4.69, 9.17) is 4.74 Å². The Kier molecular flexibility index (Phi) is 6.36. The molecule has 3 nitrogen and oxygen atoms in total. The van der Waals surface area contributed by atoms with Crippen LogP contribution in [-0.2, 0) is 11.2 Å². The fraction of sp³-hybridized carbons (Fsp3) is 0.0952. The van der Waals surface area contributed by atoms with E-state index in [9.17, 15) is 4.79 Å². The molecule has 0 aromatic heterocycles. The lowest BCUT2D eigenvalue weighted by Gasteiger charge is -2.08. The second-order valence-corrected chi connectivity index (χ2v) is 7.72. The Morgan fingerprint density at radius 1 is 1.00 bits per heavy atom. The highest BCUT2D eigenvalue weighted by Gasteiger charge is 2.06. The zero-order chi connectivity index (χ0) is 18.4. The first-order valence-electron chi connectivity index (χ1n) is 8.08. The molecule has 26 heavy (non-hydrogen) atoms. The van der Waals surface area contributed by atoms with Crippen LogP contribution in [0.5, 0.6) is 5.75 Å². The van der Waals surface area contributed by atoms with Gasteiger partial charge in [0.05, 0.1) is 13.5 Å². The first-order chi connectivity index (χ1) is 12.6. The molecule has 0 saturated carbocycles. The topological polar surface area (TPSA) is 38.3 Å². The molecule has 0 fully saturated rings. The number of methoxy groups -OCH3 is 1. The Bertz CT molecular complexity index is 879. The lowest BCUT2D eigenvalue weighted by Crippen LogP contribution is -2.14. The zero-order valence-corrected chi connectivity index (χ0v) is 16.6. The van der Waals surface area contributed by atoms with Crippen molar-refractivity contribution in [1.82, 2.24) is 0 Å². The van der Waals surface area contributed by atoms with E-state index in [1.54, 1.807) is 18.9 Å². The van der Waals surface area contributed by atoms with E-state index in [1.165, 1.54) is 4.90 Å². The van der Waals surface area contributed by atoms with Crippen LogP contribution in [-0.4, -0.2) is 13.0 Å². The van der Waals surface area contributed by atoms with E-state index in [0.29, 0.717) is 6.42 Å².